The molecule has 0 bridgehead atoms. The van der Waals surface area contributed by atoms with Gasteiger partial charge in [-0.3, -0.25) is 0 Å². The van der Waals surface area contributed by atoms with Crippen molar-refractivity contribution in [3.63, 3.8) is 0 Å². The van der Waals surface area contributed by atoms with Crippen molar-refractivity contribution >= 4 is 5.57 Å². The van der Waals surface area contributed by atoms with Crippen molar-refractivity contribution in [2.75, 3.05) is 7.11 Å². The molecule has 0 spiro atoms. The van der Waals surface area contributed by atoms with Crippen molar-refractivity contribution in [1.29, 1.82) is 0 Å². The van der Waals surface area contributed by atoms with Crippen molar-refractivity contribution in [1.82, 2.24) is 4.98 Å². The first kappa shape index (κ1) is 9.84. The van der Waals surface area contributed by atoms with Crippen molar-refractivity contribution in [2.24, 2.45) is 0 Å². The summed E-state index contributed by atoms with van der Waals surface area (Å²) in [7, 11) is 1.62. The molecule has 1 aromatic heterocycles. The molecular weight excluding hydrogens is 166 g/mol. The molecule has 3 nitrogen and oxygen atoms in total. The number of ether oxygens (including phenoxy) is 1. The Labute approximate surface area is 78.4 Å². The molecule has 0 saturated carbocycles. The highest BCUT2D eigenvalue weighted by Gasteiger charge is 2.08. The lowest BCUT2D eigenvalue weighted by Gasteiger charge is -1.95. The second-order valence-corrected chi connectivity index (χ2v) is 3.26. The standard InChI is InChI=1S/C10H15NO2/c1-7(2)10-11-9(6-13-10)8(3)5-12-4/h5-7H,1-4H3/b8-5+. The summed E-state index contributed by atoms with van der Waals surface area (Å²) in [5.41, 5.74) is 1.81. The summed E-state index contributed by atoms with van der Waals surface area (Å²) in [5, 5.41) is 0. The monoisotopic (exact) mass is 181 g/mol. The van der Waals surface area contributed by atoms with Gasteiger partial charge in [0, 0.05) is 11.5 Å². The third-order valence-corrected chi connectivity index (χ3v) is 1.71. The van der Waals surface area contributed by atoms with E-state index < -0.39 is 0 Å². The van der Waals surface area contributed by atoms with Gasteiger partial charge in [0.1, 0.15) is 12.0 Å². The van der Waals surface area contributed by atoms with Crippen molar-refractivity contribution in [2.45, 2.75) is 26.7 Å². The molecule has 0 saturated heterocycles. The minimum Gasteiger partial charge on any atom is -0.504 e. The van der Waals surface area contributed by atoms with E-state index >= 15 is 0 Å². The van der Waals surface area contributed by atoms with Gasteiger partial charge in [-0.25, -0.2) is 4.98 Å². The van der Waals surface area contributed by atoms with Gasteiger partial charge in [-0.2, -0.15) is 0 Å². The maximum Gasteiger partial charge on any atom is 0.197 e. The van der Waals surface area contributed by atoms with Crippen LogP contribution >= 0.6 is 0 Å². The van der Waals surface area contributed by atoms with Crippen LogP contribution in [0.25, 0.3) is 5.57 Å². The Morgan fingerprint density at radius 3 is 2.77 bits per heavy atom. The van der Waals surface area contributed by atoms with Gasteiger partial charge in [0.2, 0.25) is 0 Å². The molecule has 0 radical (unpaired) electrons. The summed E-state index contributed by atoms with van der Waals surface area (Å²) >= 11 is 0. The topological polar surface area (TPSA) is 35.3 Å². The fraction of sp³-hybridized carbons (Fsp3) is 0.500. The summed E-state index contributed by atoms with van der Waals surface area (Å²) < 4.78 is 10.2. The van der Waals surface area contributed by atoms with Gasteiger partial charge in [0.05, 0.1) is 13.4 Å². The molecular formula is C10H15NO2. The van der Waals surface area contributed by atoms with Crippen LogP contribution in [0.15, 0.2) is 16.9 Å². The van der Waals surface area contributed by atoms with Crippen LogP contribution in [0.2, 0.25) is 0 Å². The number of aromatic nitrogens is 1. The molecule has 0 aromatic carbocycles. The zero-order valence-electron chi connectivity index (χ0n) is 8.50. The normalized spacial score (nSPS) is 12.2. The average molecular weight is 181 g/mol. The van der Waals surface area contributed by atoms with Crippen molar-refractivity contribution in [3.8, 4) is 0 Å². The van der Waals surface area contributed by atoms with Crippen LogP contribution in [0.4, 0.5) is 0 Å². The first-order valence-electron chi connectivity index (χ1n) is 4.30. The van der Waals surface area contributed by atoms with Crippen LogP contribution in [-0.2, 0) is 4.74 Å². The summed E-state index contributed by atoms with van der Waals surface area (Å²) in [5.74, 6) is 1.09. The predicted octanol–water partition coefficient (Wildman–Crippen LogP) is 2.81. The van der Waals surface area contributed by atoms with Crippen molar-refractivity contribution < 1.29 is 9.15 Å². The van der Waals surface area contributed by atoms with E-state index in [1.165, 1.54) is 0 Å². The molecule has 0 N–H and O–H groups in total. The van der Waals surface area contributed by atoms with Crippen LogP contribution in [0.5, 0.6) is 0 Å². The second-order valence-electron chi connectivity index (χ2n) is 3.26. The van der Waals surface area contributed by atoms with E-state index in [0.717, 1.165) is 17.2 Å². The van der Waals surface area contributed by atoms with Gasteiger partial charge in [-0.1, -0.05) is 13.8 Å². The first-order chi connectivity index (χ1) is 6.15. The minimum absolute atomic E-state index is 0.323. The van der Waals surface area contributed by atoms with Crippen LogP contribution in [0.3, 0.4) is 0 Å². The lowest BCUT2D eigenvalue weighted by Crippen LogP contribution is -1.87. The molecule has 0 fully saturated rings. The average Bonchev–Trinajstić information content (AvgIpc) is 2.52. The molecule has 0 atom stereocenters. The molecule has 1 aromatic rings. The number of rotatable bonds is 3. The van der Waals surface area contributed by atoms with E-state index in [2.05, 4.69) is 4.98 Å². The van der Waals surface area contributed by atoms with E-state index in [4.69, 9.17) is 9.15 Å². The Morgan fingerprint density at radius 2 is 2.31 bits per heavy atom. The van der Waals surface area contributed by atoms with Crippen LogP contribution in [-0.4, -0.2) is 12.1 Å². The summed E-state index contributed by atoms with van der Waals surface area (Å²) in [4.78, 5) is 4.31. The van der Waals surface area contributed by atoms with E-state index in [1.807, 2.05) is 20.8 Å². The Morgan fingerprint density at radius 1 is 1.62 bits per heavy atom. The van der Waals surface area contributed by atoms with Crippen LogP contribution < -0.4 is 0 Å². The van der Waals surface area contributed by atoms with Gasteiger partial charge in [0.25, 0.3) is 0 Å². The molecule has 13 heavy (non-hydrogen) atoms. The van der Waals surface area contributed by atoms with Gasteiger partial charge < -0.3 is 9.15 Å². The molecule has 1 heterocycles. The zero-order valence-corrected chi connectivity index (χ0v) is 8.50. The maximum atomic E-state index is 5.29. The number of methoxy groups -OCH3 is 1. The quantitative estimate of drug-likeness (QED) is 0.672. The minimum atomic E-state index is 0.323. The highest BCUT2D eigenvalue weighted by atomic mass is 16.5. The van der Waals surface area contributed by atoms with E-state index in [9.17, 15) is 0 Å². The summed E-state index contributed by atoms with van der Waals surface area (Å²) in [6, 6.07) is 0. The number of hydrogen-bond acceptors (Lipinski definition) is 3. The molecule has 0 aliphatic carbocycles. The SMILES string of the molecule is CO/C=C(\C)c1coc(C(C)C)n1. The molecule has 3 heteroatoms. The Hall–Kier alpha value is -1.25. The van der Waals surface area contributed by atoms with Gasteiger partial charge in [-0.15, -0.1) is 0 Å². The fourth-order valence-electron chi connectivity index (χ4n) is 0.971. The highest BCUT2D eigenvalue weighted by Crippen LogP contribution is 2.18. The summed E-state index contributed by atoms with van der Waals surface area (Å²) in [6.45, 7) is 6.03. The van der Waals surface area contributed by atoms with E-state index in [-0.39, 0.29) is 0 Å². The molecule has 1 rings (SSSR count). The van der Waals surface area contributed by atoms with Crippen LogP contribution in [0.1, 0.15) is 38.3 Å². The van der Waals surface area contributed by atoms with Crippen molar-refractivity contribution in [3.05, 3.63) is 24.1 Å². The lowest BCUT2D eigenvalue weighted by molar-refractivity contribution is 0.339. The molecule has 0 amide bonds. The highest BCUT2D eigenvalue weighted by molar-refractivity contribution is 5.58. The number of oxazole rings is 1. The van der Waals surface area contributed by atoms with Gasteiger partial charge in [-0.05, 0) is 6.92 Å². The van der Waals surface area contributed by atoms with E-state index in [0.29, 0.717) is 5.92 Å². The number of allylic oxidation sites excluding steroid dienone is 1. The Bertz CT molecular complexity index is 300. The maximum absolute atomic E-state index is 5.29. The van der Waals surface area contributed by atoms with Gasteiger partial charge >= 0.3 is 0 Å². The second kappa shape index (κ2) is 4.12. The molecule has 0 aliphatic rings. The number of nitrogens with zero attached hydrogens (tertiary/aromatic N) is 1. The largest absolute Gasteiger partial charge is 0.504 e. The Balaban J connectivity index is 2.85. The third-order valence-electron chi connectivity index (χ3n) is 1.71. The Kier molecular flexibility index (Phi) is 3.12. The first-order valence-corrected chi connectivity index (χ1v) is 4.30. The van der Waals surface area contributed by atoms with Gasteiger partial charge in [0.15, 0.2) is 5.89 Å². The summed E-state index contributed by atoms with van der Waals surface area (Å²) in [6.07, 6.45) is 3.31. The molecule has 0 unspecified atom stereocenters. The lowest BCUT2D eigenvalue weighted by atomic mass is 10.2. The molecule has 72 valence electrons. The zero-order chi connectivity index (χ0) is 9.84. The predicted molar refractivity (Wildman–Crippen MR) is 51.3 cm³/mol. The third kappa shape index (κ3) is 2.34. The fourth-order valence-corrected chi connectivity index (χ4v) is 0.971. The number of hydrogen-bond donors (Lipinski definition) is 0. The smallest absolute Gasteiger partial charge is 0.197 e. The molecule has 0 aliphatic heterocycles. The van der Waals surface area contributed by atoms with Crippen LogP contribution in [0, 0.1) is 0 Å². The van der Waals surface area contributed by atoms with E-state index in [1.54, 1.807) is 19.6 Å².